The third-order valence-electron chi connectivity index (χ3n) is 3.67. The molecule has 4 heteroatoms. The Morgan fingerprint density at radius 3 is 2.57 bits per heavy atom. The van der Waals surface area contributed by atoms with Gasteiger partial charge >= 0.3 is 0 Å². The molecule has 1 unspecified atom stereocenters. The Morgan fingerprint density at radius 2 is 1.90 bits per heavy atom. The Morgan fingerprint density at radius 1 is 1.14 bits per heavy atom. The molecule has 0 heterocycles. The molecule has 0 saturated carbocycles. The fourth-order valence-corrected chi connectivity index (χ4v) is 2.85. The van der Waals surface area contributed by atoms with Crippen LogP contribution < -0.4 is 11.3 Å². The third kappa shape index (κ3) is 4.37. The van der Waals surface area contributed by atoms with E-state index in [-0.39, 0.29) is 11.9 Å². The van der Waals surface area contributed by atoms with Crippen LogP contribution in [0.2, 0.25) is 0 Å². The first-order valence-electron chi connectivity index (χ1n) is 6.95. The summed E-state index contributed by atoms with van der Waals surface area (Å²) in [6.45, 7) is 4.20. The fraction of sp³-hybridized carbons (Fsp3) is 0.294. The second-order valence-electron chi connectivity index (χ2n) is 5.45. The molecule has 1 atom stereocenters. The van der Waals surface area contributed by atoms with Gasteiger partial charge in [0.15, 0.2) is 0 Å². The van der Waals surface area contributed by atoms with Crippen LogP contribution in [0.3, 0.4) is 0 Å². The van der Waals surface area contributed by atoms with Gasteiger partial charge in [0.05, 0.1) is 4.47 Å². The van der Waals surface area contributed by atoms with Crippen molar-refractivity contribution in [2.45, 2.75) is 32.7 Å². The van der Waals surface area contributed by atoms with Crippen LogP contribution >= 0.6 is 15.9 Å². The van der Waals surface area contributed by atoms with Crippen molar-refractivity contribution >= 4 is 15.9 Å². The Labute approximate surface area is 133 Å². The predicted octanol–water partition coefficient (Wildman–Crippen LogP) is 3.82. The lowest BCUT2D eigenvalue weighted by molar-refractivity contribution is 0.520. The minimum absolute atomic E-state index is 0.114. The van der Waals surface area contributed by atoms with Crippen LogP contribution in [0.15, 0.2) is 40.9 Å². The molecular formula is C17H20BrFN2. The maximum absolute atomic E-state index is 13.3. The quantitative estimate of drug-likeness (QED) is 0.635. The highest BCUT2D eigenvalue weighted by Crippen LogP contribution is 2.19. The Kier molecular flexibility index (Phi) is 5.51. The molecule has 0 spiro atoms. The second-order valence-corrected chi connectivity index (χ2v) is 6.30. The number of hydrazine groups is 1. The lowest BCUT2D eigenvalue weighted by Gasteiger charge is -2.18. The van der Waals surface area contributed by atoms with Crippen LogP contribution in [0.1, 0.15) is 22.3 Å². The van der Waals surface area contributed by atoms with Crippen LogP contribution in [0.4, 0.5) is 4.39 Å². The summed E-state index contributed by atoms with van der Waals surface area (Å²) < 4.78 is 13.8. The van der Waals surface area contributed by atoms with E-state index in [2.05, 4.69) is 53.4 Å². The van der Waals surface area contributed by atoms with E-state index >= 15 is 0 Å². The highest BCUT2D eigenvalue weighted by molar-refractivity contribution is 9.10. The lowest BCUT2D eigenvalue weighted by atomic mass is 9.95. The van der Waals surface area contributed by atoms with Crippen LogP contribution in [-0.2, 0) is 12.8 Å². The van der Waals surface area contributed by atoms with Gasteiger partial charge in [-0.3, -0.25) is 11.3 Å². The Hall–Kier alpha value is -1.23. The van der Waals surface area contributed by atoms with Gasteiger partial charge in [-0.25, -0.2) is 4.39 Å². The first kappa shape index (κ1) is 16.1. The van der Waals surface area contributed by atoms with Gasteiger partial charge < -0.3 is 0 Å². The molecule has 3 N–H and O–H groups in total. The van der Waals surface area contributed by atoms with Gasteiger partial charge in [0, 0.05) is 6.04 Å². The van der Waals surface area contributed by atoms with E-state index in [0.717, 1.165) is 18.4 Å². The highest BCUT2D eigenvalue weighted by atomic mass is 79.9. The van der Waals surface area contributed by atoms with Crippen molar-refractivity contribution in [1.29, 1.82) is 0 Å². The third-order valence-corrected chi connectivity index (χ3v) is 4.28. The van der Waals surface area contributed by atoms with Gasteiger partial charge in [-0.1, -0.05) is 29.8 Å². The molecule has 0 aliphatic carbocycles. The summed E-state index contributed by atoms with van der Waals surface area (Å²) in [5.74, 6) is 5.44. The predicted molar refractivity (Wildman–Crippen MR) is 88.5 cm³/mol. The summed E-state index contributed by atoms with van der Waals surface area (Å²) in [5, 5.41) is 0. The van der Waals surface area contributed by atoms with E-state index < -0.39 is 0 Å². The molecule has 112 valence electrons. The van der Waals surface area contributed by atoms with Gasteiger partial charge in [0.1, 0.15) is 5.82 Å². The number of nitrogens with two attached hydrogens (primary N) is 1. The molecule has 0 saturated heterocycles. The topological polar surface area (TPSA) is 38.0 Å². The molecule has 0 fully saturated rings. The monoisotopic (exact) mass is 350 g/mol. The van der Waals surface area contributed by atoms with Crippen LogP contribution in [-0.4, -0.2) is 6.04 Å². The molecule has 2 nitrogen and oxygen atoms in total. The fourth-order valence-electron chi connectivity index (χ4n) is 2.43. The molecule has 0 radical (unpaired) electrons. The number of rotatable bonds is 5. The van der Waals surface area contributed by atoms with Gasteiger partial charge in [0.25, 0.3) is 0 Å². The summed E-state index contributed by atoms with van der Waals surface area (Å²) in [5.41, 5.74) is 7.73. The Bertz CT molecular complexity index is 628. The first-order chi connectivity index (χ1) is 9.99. The molecular weight excluding hydrogens is 331 g/mol. The van der Waals surface area contributed by atoms with E-state index in [1.165, 1.54) is 22.8 Å². The molecule has 0 aliphatic rings. The summed E-state index contributed by atoms with van der Waals surface area (Å²) in [7, 11) is 0. The molecule has 21 heavy (non-hydrogen) atoms. The molecule has 0 bridgehead atoms. The minimum atomic E-state index is -0.245. The van der Waals surface area contributed by atoms with E-state index in [0.29, 0.717) is 4.47 Å². The van der Waals surface area contributed by atoms with Gasteiger partial charge in [-0.2, -0.15) is 0 Å². The van der Waals surface area contributed by atoms with Crippen molar-refractivity contribution in [1.82, 2.24) is 5.43 Å². The normalized spacial score (nSPS) is 12.4. The van der Waals surface area contributed by atoms with Gasteiger partial charge in [-0.15, -0.1) is 0 Å². The zero-order chi connectivity index (χ0) is 15.4. The average molecular weight is 351 g/mol. The standard InChI is InChI=1S/C17H20BrFN2/c1-11-3-4-12(2)14(7-11)10-15(21-20)8-13-5-6-17(19)16(18)9-13/h3-7,9,15,21H,8,10,20H2,1-2H3. The summed E-state index contributed by atoms with van der Waals surface area (Å²) in [4.78, 5) is 0. The van der Waals surface area contributed by atoms with Crippen molar-refractivity contribution in [3.63, 3.8) is 0 Å². The average Bonchev–Trinajstić information content (AvgIpc) is 2.46. The van der Waals surface area contributed by atoms with E-state index in [9.17, 15) is 4.39 Å². The maximum Gasteiger partial charge on any atom is 0.137 e. The van der Waals surface area contributed by atoms with E-state index in [1.807, 2.05) is 6.07 Å². The highest BCUT2D eigenvalue weighted by Gasteiger charge is 2.12. The number of benzene rings is 2. The smallest absolute Gasteiger partial charge is 0.137 e. The van der Waals surface area contributed by atoms with Crippen molar-refractivity contribution in [2.24, 2.45) is 5.84 Å². The number of hydrogen-bond donors (Lipinski definition) is 2. The van der Waals surface area contributed by atoms with Gasteiger partial charge in [0.2, 0.25) is 0 Å². The number of nitrogens with one attached hydrogen (secondary N) is 1. The van der Waals surface area contributed by atoms with Gasteiger partial charge in [-0.05, 0) is 71.4 Å². The first-order valence-corrected chi connectivity index (χ1v) is 7.75. The van der Waals surface area contributed by atoms with Crippen molar-refractivity contribution in [2.75, 3.05) is 0 Å². The van der Waals surface area contributed by atoms with Crippen molar-refractivity contribution in [3.05, 3.63) is 68.9 Å². The summed E-state index contributed by atoms with van der Waals surface area (Å²) in [6.07, 6.45) is 1.60. The Balaban J connectivity index is 2.12. The number of hydrogen-bond acceptors (Lipinski definition) is 2. The lowest BCUT2D eigenvalue weighted by Crippen LogP contribution is -2.38. The van der Waals surface area contributed by atoms with Crippen molar-refractivity contribution in [3.8, 4) is 0 Å². The summed E-state index contributed by atoms with van der Waals surface area (Å²) >= 11 is 3.22. The molecule has 0 aromatic heterocycles. The van der Waals surface area contributed by atoms with E-state index in [4.69, 9.17) is 5.84 Å². The largest absolute Gasteiger partial charge is 0.271 e. The molecule has 2 aromatic carbocycles. The maximum atomic E-state index is 13.3. The molecule has 0 amide bonds. The van der Waals surface area contributed by atoms with E-state index in [1.54, 1.807) is 6.07 Å². The van der Waals surface area contributed by atoms with Crippen LogP contribution in [0.25, 0.3) is 0 Å². The molecule has 2 rings (SSSR count). The summed E-state index contributed by atoms with van der Waals surface area (Å²) in [6, 6.07) is 11.6. The molecule has 0 aliphatic heterocycles. The SMILES string of the molecule is Cc1ccc(C)c(CC(Cc2ccc(F)c(Br)c2)NN)c1. The van der Waals surface area contributed by atoms with Crippen LogP contribution in [0.5, 0.6) is 0 Å². The van der Waals surface area contributed by atoms with Crippen LogP contribution in [0, 0.1) is 19.7 Å². The molecule has 2 aromatic rings. The zero-order valence-electron chi connectivity index (χ0n) is 12.3. The van der Waals surface area contributed by atoms with Crippen molar-refractivity contribution < 1.29 is 4.39 Å². The number of aryl methyl sites for hydroxylation is 2. The second kappa shape index (κ2) is 7.16. The minimum Gasteiger partial charge on any atom is -0.271 e. The number of halogens is 2. The zero-order valence-corrected chi connectivity index (χ0v) is 13.9.